The van der Waals surface area contributed by atoms with E-state index in [1.807, 2.05) is 27.7 Å². The second-order valence-electron chi connectivity index (χ2n) is 4.98. The fourth-order valence-electron chi connectivity index (χ4n) is 2.63. The highest BCUT2D eigenvalue weighted by Crippen LogP contribution is 2.55. The van der Waals surface area contributed by atoms with Crippen molar-refractivity contribution < 1.29 is 17.8 Å². The van der Waals surface area contributed by atoms with E-state index in [1.165, 1.54) is 0 Å². The van der Waals surface area contributed by atoms with Gasteiger partial charge in [-0.2, -0.15) is 0 Å². The quantitative estimate of drug-likeness (QED) is 0.400. The van der Waals surface area contributed by atoms with Gasteiger partial charge >= 0.3 is 8.80 Å². The third kappa shape index (κ3) is 5.27. The van der Waals surface area contributed by atoms with E-state index >= 15 is 0 Å². The highest BCUT2D eigenvalue weighted by Gasteiger charge is 2.54. The number of hydrogen-bond acceptors (Lipinski definition) is 4. The molecule has 0 radical (unpaired) electrons. The maximum atomic E-state index is 13.4. The minimum atomic E-state index is -2.87. The Morgan fingerprint density at radius 1 is 0.850 bits per heavy atom. The molecule has 0 bridgehead atoms. The van der Waals surface area contributed by atoms with Gasteiger partial charge in [0.25, 0.3) is 0 Å². The lowest BCUT2D eigenvalue weighted by atomic mass is 10.6. The van der Waals surface area contributed by atoms with E-state index in [4.69, 9.17) is 13.3 Å². The van der Waals surface area contributed by atoms with Crippen molar-refractivity contribution in [3.05, 3.63) is 0 Å². The smallest absolute Gasteiger partial charge is 0.373 e. The van der Waals surface area contributed by atoms with Crippen molar-refractivity contribution in [1.82, 2.24) is 0 Å². The molecule has 0 aromatic carbocycles. The number of rotatable bonds is 12. The van der Waals surface area contributed by atoms with Gasteiger partial charge in [-0.05, 0) is 33.6 Å². The molecular weight excluding hydrogens is 291 g/mol. The van der Waals surface area contributed by atoms with E-state index in [2.05, 4.69) is 13.8 Å². The van der Waals surface area contributed by atoms with Crippen LogP contribution in [0.4, 0.5) is 0 Å². The summed E-state index contributed by atoms with van der Waals surface area (Å²) in [7, 11) is -5.21. The zero-order valence-corrected chi connectivity index (χ0v) is 16.0. The van der Waals surface area contributed by atoms with E-state index in [0.29, 0.717) is 19.8 Å². The van der Waals surface area contributed by atoms with Gasteiger partial charge in [0.2, 0.25) is 0 Å². The van der Waals surface area contributed by atoms with Crippen molar-refractivity contribution in [3.8, 4) is 0 Å². The minimum absolute atomic E-state index is 0.116. The normalized spacial score (nSPS) is 14.5. The van der Waals surface area contributed by atoms with Crippen LogP contribution in [0.1, 0.15) is 54.4 Å². The van der Waals surface area contributed by atoms with Crippen molar-refractivity contribution >= 4 is 15.9 Å². The molecule has 0 aliphatic rings. The van der Waals surface area contributed by atoms with Crippen LogP contribution in [0, 0.1) is 0 Å². The van der Waals surface area contributed by atoms with Crippen LogP contribution in [0.3, 0.4) is 0 Å². The molecule has 0 aromatic rings. The van der Waals surface area contributed by atoms with Crippen LogP contribution in [0.2, 0.25) is 0 Å². The summed E-state index contributed by atoms with van der Waals surface area (Å²) >= 11 is 0. The molecule has 0 aliphatic heterocycles. The molecule has 0 rings (SSSR count). The lowest BCUT2D eigenvalue weighted by molar-refractivity contribution is 0.0698. The molecule has 0 saturated carbocycles. The Morgan fingerprint density at radius 3 is 1.45 bits per heavy atom. The van der Waals surface area contributed by atoms with Gasteiger partial charge in [-0.15, -0.1) is 0 Å². The lowest BCUT2D eigenvalue weighted by Gasteiger charge is -2.37. The fourth-order valence-corrected chi connectivity index (χ4v) is 11.1. The van der Waals surface area contributed by atoms with Crippen LogP contribution in [0.5, 0.6) is 0 Å². The third-order valence-electron chi connectivity index (χ3n) is 3.46. The molecule has 0 amide bonds. The predicted octanol–water partition coefficient (Wildman–Crippen LogP) is 4.15. The predicted molar refractivity (Wildman–Crippen MR) is 88.0 cm³/mol. The summed E-state index contributed by atoms with van der Waals surface area (Å²) in [5, 5.41) is -0.116. The maximum absolute atomic E-state index is 13.4. The Balaban J connectivity index is 5.43. The summed E-state index contributed by atoms with van der Waals surface area (Å²) in [6, 6.07) is 0. The molecular formula is C14H33O4PSi. The summed E-state index contributed by atoms with van der Waals surface area (Å²) in [5.41, 5.74) is 0. The van der Waals surface area contributed by atoms with Crippen LogP contribution in [0.15, 0.2) is 0 Å². The van der Waals surface area contributed by atoms with Crippen molar-refractivity contribution in [2.24, 2.45) is 0 Å². The topological polar surface area (TPSA) is 44.8 Å². The largest absolute Gasteiger partial charge is 0.511 e. The van der Waals surface area contributed by atoms with Gasteiger partial charge in [0, 0.05) is 32.1 Å². The zero-order chi connectivity index (χ0) is 15.6. The average Bonchev–Trinajstić information content (AvgIpc) is 2.39. The molecule has 20 heavy (non-hydrogen) atoms. The molecule has 0 saturated heterocycles. The molecule has 0 aromatic heterocycles. The standard InChI is InChI=1S/C14H33O4PSi/c1-7-12-19(15,13-8-2)14(6)20(16-9-3,17-10-4)18-11-5/h14H,7-13H2,1-6H3. The summed E-state index contributed by atoms with van der Waals surface area (Å²) in [5.74, 6) is 0. The second kappa shape index (κ2) is 10.1. The molecule has 0 N–H and O–H groups in total. The van der Waals surface area contributed by atoms with Crippen LogP contribution >= 0.6 is 7.14 Å². The summed E-state index contributed by atoms with van der Waals surface area (Å²) in [6.07, 6.45) is 3.36. The molecule has 0 aliphatic carbocycles. The van der Waals surface area contributed by atoms with Gasteiger partial charge in [0.1, 0.15) is 0 Å². The second-order valence-corrected chi connectivity index (χ2v) is 12.0. The molecule has 1 atom stereocenters. The van der Waals surface area contributed by atoms with Gasteiger partial charge < -0.3 is 17.8 Å². The van der Waals surface area contributed by atoms with Gasteiger partial charge in [-0.25, -0.2) is 0 Å². The van der Waals surface area contributed by atoms with Crippen molar-refractivity contribution in [1.29, 1.82) is 0 Å². The fraction of sp³-hybridized carbons (Fsp3) is 1.00. The van der Waals surface area contributed by atoms with Crippen LogP contribution in [-0.4, -0.2) is 46.2 Å². The van der Waals surface area contributed by atoms with E-state index in [0.717, 1.165) is 25.2 Å². The van der Waals surface area contributed by atoms with Crippen molar-refractivity contribution in [2.45, 2.75) is 59.7 Å². The first-order valence-corrected chi connectivity index (χ1v) is 11.9. The highest BCUT2D eigenvalue weighted by molar-refractivity contribution is 7.67. The van der Waals surface area contributed by atoms with Crippen molar-refractivity contribution in [3.63, 3.8) is 0 Å². The zero-order valence-electron chi connectivity index (χ0n) is 14.1. The van der Waals surface area contributed by atoms with Gasteiger partial charge in [-0.3, -0.25) is 0 Å². The summed E-state index contributed by atoms with van der Waals surface area (Å²) < 4.78 is 31.2. The first kappa shape index (κ1) is 20.3. The van der Waals surface area contributed by atoms with Crippen LogP contribution in [-0.2, 0) is 17.8 Å². The van der Waals surface area contributed by atoms with Crippen molar-refractivity contribution in [2.75, 3.05) is 32.1 Å². The summed E-state index contributed by atoms with van der Waals surface area (Å²) in [4.78, 5) is 0. The van der Waals surface area contributed by atoms with Gasteiger partial charge in [0.05, 0.1) is 12.4 Å². The average molecular weight is 324 g/mol. The van der Waals surface area contributed by atoms with E-state index in [-0.39, 0.29) is 5.28 Å². The minimum Gasteiger partial charge on any atom is -0.373 e. The molecule has 6 heteroatoms. The summed E-state index contributed by atoms with van der Waals surface area (Å²) in [6.45, 7) is 13.6. The SMILES string of the molecule is CCCP(=O)(CCC)C(C)[Si](OCC)(OCC)OCC. The van der Waals surface area contributed by atoms with E-state index < -0.39 is 15.9 Å². The lowest BCUT2D eigenvalue weighted by Crippen LogP contribution is -2.55. The Hall–Kier alpha value is 0.327. The molecule has 1 unspecified atom stereocenters. The van der Waals surface area contributed by atoms with Gasteiger partial charge in [0.15, 0.2) is 0 Å². The molecule has 0 spiro atoms. The molecule has 4 nitrogen and oxygen atoms in total. The Bertz CT molecular complexity index is 272. The third-order valence-corrected chi connectivity index (χ3v) is 12.7. The molecule has 122 valence electrons. The highest BCUT2D eigenvalue weighted by atomic mass is 31.2. The molecule has 0 fully saturated rings. The van der Waals surface area contributed by atoms with Crippen LogP contribution in [0.25, 0.3) is 0 Å². The first-order valence-electron chi connectivity index (χ1n) is 7.95. The number of hydrogen-bond donors (Lipinski definition) is 0. The molecule has 0 heterocycles. The monoisotopic (exact) mass is 324 g/mol. The van der Waals surface area contributed by atoms with E-state index in [9.17, 15) is 4.57 Å². The Labute approximate surface area is 126 Å². The Morgan fingerprint density at radius 2 is 1.20 bits per heavy atom. The van der Waals surface area contributed by atoms with Crippen LogP contribution < -0.4 is 0 Å². The Kier molecular flexibility index (Phi) is 10.3. The van der Waals surface area contributed by atoms with E-state index in [1.54, 1.807) is 0 Å². The van der Waals surface area contributed by atoms with Gasteiger partial charge in [-0.1, -0.05) is 20.8 Å². The first-order chi connectivity index (χ1) is 9.46. The maximum Gasteiger partial charge on any atom is 0.511 e.